The topological polar surface area (TPSA) is 51.8 Å². The maximum Gasteiger partial charge on any atom is 0.143 e. The van der Waals surface area contributed by atoms with Gasteiger partial charge in [0, 0.05) is 16.6 Å². The average Bonchev–Trinajstić information content (AvgIpc) is 3.00. The Morgan fingerprint density at radius 3 is 3.06 bits per heavy atom. The van der Waals surface area contributed by atoms with E-state index >= 15 is 0 Å². The molecule has 0 saturated heterocycles. The first-order chi connectivity index (χ1) is 8.83. The normalized spacial score (nSPS) is 14.2. The van der Waals surface area contributed by atoms with E-state index in [-0.39, 0.29) is 0 Å². The van der Waals surface area contributed by atoms with Gasteiger partial charge in [0.15, 0.2) is 0 Å². The third kappa shape index (κ3) is 1.41. The fourth-order valence-corrected chi connectivity index (χ4v) is 4.76. The number of nitrogen functional groups attached to an aromatic ring is 1. The summed E-state index contributed by atoms with van der Waals surface area (Å²) in [4.78, 5) is 11.5. The predicted molar refractivity (Wildman–Crippen MR) is 77.2 cm³/mol. The first kappa shape index (κ1) is 10.5. The smallest absolute Gasteiger partial charge is 0.143 e. The molecule has 3 aromatic rings. The highest BCUT2D eigenvalue weighted by atomic mass is 32.1. The van der Waals surface area contributed by atoms with Crippen molar-refractivity contribution < 1.29 is 0 Å². The minimum atomic E-state index is 0.916. The fraction of sp³-hybridized carbons (Fsp3) is 0.231. The van der Waals surface area contributed by atoms with Gasteiger partial charge in [-0.15, -0.1) is 11.3 Å². The van der Waals surface area contributed by atoms with Gasteiger partial charge < -0.3 is 5.73 Å². The highest BCUT2D eigenvalue weighted by Gasteiger charge is 2.23. The van der Waals surface area contributed by atoms with E-state index in [2.05, 4.69) is 9.97 Å². The number of aryl methyl sites for hydroxylation is 1. The van der Waals surface area contributed by atoms with Gasteiger partial charge in [0.1, 0.15) is 15.4 Å². The van der Waals surface area contributed by atoms with E-state index in [9.17, 15) is 0 Å². The fourth-order valence-electron chi connectivity index (χ4n) is 2.54. The Bertz CT molecular complexity index is 709. The number of aromatic nitrogens is 2. The van der Waals surface area contributed by atoms with Crippen LogP contribution in [0.2, 0.25) is 0 Å². The van der Waals surface area contributed by atoms with Crippen LogP contribution in [-0.2, 0) is 12.8 Å². The Balaban J connectivity index is 1.97. The van der Waals surface area contributed by atoms with Crippen LogP contribution in [0.1, 0.15) is 16.9 Å². The molecule has 4 rings (SSSR count). The van der Waals surface area contributed by atoms with Crippen LogP contribution >= 0.6 is 22.7 Å². The number of fused-ring (bicyclic) bond motifs is 2. The Kier molecular flexibility index (Phi) is 2.19. The number of nitrogens with two attached hydrogens (primary N) is 1. The zero-order valence-electron chi connectivity index (χ0n) is 9.64. The lowest BCUT2D eigenvalue weighted by Gasteiger charge is -1.97. The van der Waals surface area contributed by atoms with E-state index in [1.807, 2.05) is 18.3 Å². The van der Waals surface area contributed by atoms with Crippen LogP contribution in [0.5, 0.6) is 0 Å². The number of hydrogen-bond acceptors (Lipinski definition) is 5. The molecule has 18 heavy (non-hydrogen) atoms. The van der Waals surface area contributed by atoms with Crippen LogP contribution in [0.4, 0.5) is 5.00 Å². The monoisotopic (exact) mass is 273 g/mol. The van der Waals surface area contributed by atoms with Crippen LogP contribution in [0.3, 0.4) is 0 Å². The van der Waals surface area contributed by atoms with Crippen molar-refractivity contribution >= 4 is 38.0 Å². The minimum Gasteiger partial charge on any atom is -0.390 e. The van der Waals surface area contributed by atoms with Crippen LogP contribution in [-0.4, -0.2) is 9.97 Å². The zero-order valence-corrected chi connectivity index (χ0v) is 11.3. The first-order valence-corrected chi connectivity index (χ1v) is 7.58. The van der Waals surface area contributed by atoms with Gasteiger partial charge in [-0.2, -0.15) is 0 Å². The maximum atomic E-state index is 6.17. The lowest BCUT2D eigenvalue weighted by Crippen LogP contribution is -1.87. The Hall–Kier alpha value is -1.46. The number of anilines is 1. The molecule has 0 radical (unpaired) electrons. The summed E-state index contributed by atoms with van der Waals surface area (Å²) in [6, 6.07) is 3.93. The van der Waals surface area contributed by atoms with Crippen molar-refractivity contribution in [1.29, 1.82) is 0 Å². The molecule has 3 aromatic heterocycles. The standard InChI is InChI=1S/C13H11N3S2/c14-11-10(7-3-1-5-9(7)17-11)13-16-8-4-2-6-15-12(8)18-13/h2,4,6H,1,3,5,14H2. The van der Waals surface area contributed by atoms with Gasteiger partial charge in [-0.3, -0.25) is 0 Å². The number of thiazole rings is 1. The third-order valence-electron chi connectivity index (χ3n) is 3.33. The molecule has 2 N–H and O–H groups in total. The molecule has 1 aliphatic carbocycles. The van der Waals surface area contributed by atoms with E-state index in [0.717, 1.165) is 26.8 Å². The SMILES string of the molecule is Nc1sc2c(c1-c1nc3cccnc3s1)CCC2. The van der Waals surface area contributed by atoms with Crippen LogP contribution < -0.4 is 5.73 Å². The molecule has 0 fully saturated rings. The lowest BCUT2D eigenvalue weighted by molar-refractivity contribution is 0.915. The van der Waals surface area contributed by atoms with Crippen molar-refractivity contribution in [3.8, 4) is 10.6 Å². The molecule has 90 valence electrons. The van der Waals surface area contributed by atoms with Crippen molar-refractivity contribution in [3.05, 3.63) is 28.8 Å². The molecular formula is C13H11N3S2. The van der Waals surface area contributed by atoms with Gasteiger partial charge in [0.25, 0.3) is 0 Å². The Labute approximate surface area is 112 Å². The second-order valence-electron chi connectivity index (χ2n) is 4.44. The Morgan fingerprint density at radius 1 is 1.22 bits per heavy atom. The largest absolute Gasteiger partial charge is 0.390 e. The number of nitrogens with zero attached hydrogens (tertiary/aromatic N) is 2. The minimum absolute atomic E-state index is 0.916. The number of hydrogen-bond donors (Lipinski definition) is 1. The van der Waals surface area contributed by atoms with E-state index in [4.69, 9.17) is 5.73 Å². The Morgan fingerprint density at radius 2 is 2.17 bits per heavy atom. The summed E-state index contributed by atoms with van der Waals surface area (Å²) in [5, 5.41) is 1.94. The summed E-state index contributed by atoms with van der Waals surface area (Å²) in [5.74, 6) is 0. The molecule has 0 saturated carbocycles. The van der Waals surface area contributed by atoms with Gasteiger partial charge in [-0.05, 0) is 37.0 Å². The molecule has 0 aromatic carbocycles. The number of rotatable bonds is 1. The second kappa shape index (κ2) is 3.76. The van der Waals surface area contributed by atoms with Crippen LogP contribution in [0.25, 0.3) is 20.9 Å². The van der Waals surface area contributed by atoms with Crippen LogP contribution in [0, 0.1) is 0 Å². The van der Waals surface area contributed by atoms with Crippen molar-refractivity contribution in [2.75, 3.05) is 5.73 Å². The quantitative estimate of drug-likeness (QED) is 0.738. The molecule has 0 atom stereocenters. The lowest BCUT2D eigenvalue weighted by atomic mass is 10.1. The zero-order chi connectivity index (χ0) is 12.1. The molecule has 5 heteroatoms. The summed E-state index contributed by atoms with van der Waals surface area (Å²) < 4.78 is 0. The molecule has 1 aliphatic rings. The summed E-state index contributed by atoms with van der Waals surface area (Å²) in [6.07, 6.45) is 5.37. The van der Waals surface area contributed by atoms with E-state index < -0.39 is 0 Å². The highest BCUT2D eigenvalue weighted by molar-refractivity contribution is 7.22. The average molecular weight is 273 g/mol. The van der Waals surface area contributed by atoms with E-state index in [1.54, 1.807) is 22.7 Å². The van der Waals surface area contributed by atoms with Crippen molar-refractivity contribution in [2.24, 2.45) is 0 Å². The number of thiophene rings is 1. The summed E-state index contributed by atoms with van der Waals surface area (Å²) >= 11 is 3.37. The first-order valence-electron chi connectivity index (χ1n) is 5.95. The second-order valence-corrected chi connectivity index (χ2v) is 6.56. The van der Waals surface area contributed by atoms with Gasteiger partial charge in [-0.1, -0.05) is 11.3 Å². The van der Waals surface area contributed by atoms with Gasteiger partial charge >= 0.3 is 0 Å². The molecule has 0 amide bonds. The molecule has 0 aliphatic heterocycles. The van der Waals surface area contributed by atoms with E-state index in [1.165, 1.54) is 28.8 Å². The molecule has 0 unspecified atom stereocenters. The van der Waals surface area contributed by atoms with Gasteiger partial charge in [-0.25, -0.2) is 9.97 Å². The number of pyridine rings is 1. The summed E-state index contributed by atoms with van der Waals surface area (Å²) in [5.41, 5.74) is 9.74. The molecule has 0 bridgehead atoms. The van der Waals surface area contributed by atoms with E-state index in [0.29, 0.717) is 0 Å². The summed E-state index contributed by atoms with van der Waals surface area (Å²) in [7, 11) is 0. The highest BCUT2D eigenvalue weighted by Crippen LogP contribution is 2.45. The van der Waals surface area contributed by atoms with Crippen molar-refractivity contribution in [3.63, 3.8) is 0 Å². The van der Waals surface area contributed by atoms with Crippen molar-refractivity contribution in [1.82, 2.24) is 9.97 Å². The van der Waals surface area contributed by atoms with Gasteiger partial charge in [0.2, 0.25) is 0 Å². The molecule has 0 spiro atoms. The molecule has 3 heterocycles. The molecule has 3 nitrogen and oxygen atoms in total. The summed E-state index contributed by atoms with van der Waals surface area (Å²) in [6.45, 7) is 0. The predicted octanol–water partition coefficient (Wildman–Crippen LogP) is 3.49. The van der Waals surface area contributed by atoms with Crippen molar-refractivity contribution in [2.45, 2.75) is 19.3 Å². The molecular weight excluding hydrogens is 262 g/mol. The maximum absolute atomic E-state index is 6.17. The third-order valence-corrected chi connectivity index (χ3v) is 5.45. The van der Waals surface area contributed by atoms with Crippen LogP contribution in [0.15, 0.2) is 18.3 Å². The van der Waals surface area contributed by atoms with Gasteiger partial charge in [0.05, 0.1) is 5.00 Å².